The Morgan fingerprint density at radius 3 is 2.33 bits per heavy atom. The lowest BCUT2D eigenvalue weighted by Crippen LogP contribution is -2.52. The van der Waals surface area contributed by atoms with E-state index in [1.165, 1.54) is 16.8 Å². The van der Waals surface area contributed by atoms with E-state index in [1.807, 2.05) is 31.3 Å². The number of hydrogen-bond acceptors (Lipinski definition) is 10. The van der Waals surface area contributed by atoms with Crippen LogP contribution in [-0.4, -0.2) is 79.8 Å². The third-order valence-corrected chi connectivity index (χ3v) is 11.2. The van der Waals surface area contributed by atoms with Gasteiger partial charge in [-0.15, -0.1) is 0 Å². The van der Waals surface area contributed by atoms with Gasteiger partial charge in [0.2, 0.25) is 17.8 Å². The van der Waals surface area contributed by atoms with E-state index >= 15 is 0 Å². The highest BCUT2D eigenvalue weighted by Crippen LogP contribution is 2.37. The van der Waals surface area contributed by atoms with E-state index < -0.39 is 17.6 Å². The number of amides is 3. The van der Waals surface area contributed by atoms with Crippen molar-refractivity contribution in [1.29, 1.82) is 0 Å². The van der Waals surface area contributed by atoms with Crippen molar-refractivity contribution in [1.82, 2.24) is 30.1 Å². The Balaban J connectivity index is 0.810. The molecule has 1 unspecified atom stereocenters. The molecule has 3 amide bonds. The van der Waals surface area contributed by atoms with Gasteiger partial charge >= 0.3 is 0 Å². The van der Waals surface area contributed by atoms with Crippen LogP contribution in [0.1, 0.15) is 82.6 Å². The van der Waals surface area contributed by atoms with Gasteiger partial charge in [0.1, 0.15) is 11.9 Å². The summed E-state index contributed by atoms with van der Waals surface area (Å²) in [5, 5.41) is 17.2. The van der Waals surface area contributed by atoms with Gasteiger partial charge in [-0.1, -0.05) is 30.3 Å². The van der Waals surface area contributed by atoms with E-state index in [0.29, 0.717) is 43.2 Å². The summed E-state index contributed by atoms with van der Waals surface area (Å²) in [6.07, 6.45) is 9.44. The molecule has 2 aromatic heterocycles. The molecule has 3 fully saturated rings. The number of hydrogen-bond donors (Lipinski definition) is 3. The number of carbonyl (C=O) groups is 3. The first-order valence-corrected chi connectivity index (χ1v) is 18.3. The highest BCUT2D eigenvalue weighted by Gasteiger charge is 2.41. The number of aromatic nitrogens is 3. The van der Waals surface area contributed by atoms with Gasteiger partial charge in [-0.05, 0) is 97.0 Å². The minimum Gasteiger partial charge on any atom is -0.385 e. The Morgan fingerprint density at radius 1 is 0.885 bits per heavy atom. The summed E-state index contributed by atoms with van der Waals surface area (Å²) in [4.78, 5) is 56.8. The summed E-state index contributed by atoms with van der Waals surface area (Å²) in [6, 6.07) is 18.0. The van der Waals surface area contributed by atoms with Crippen LogP contribution in [-0.2, 0) is 28.3 Å². The first-order chi connectivity index (χ1) is 25.2. The Bertz CT molecular complexity index is 1950. The number of benzene rings is 2. The number of aryl methyl sites for hydroxylation is 1. The van der Waals surface area contributed by atoms with Crippen LogP contribution in [0.15, 0.2) is 73.2 Å². The Morgan fingerprint density at radius 2 is 1.63 bits per heavy atom. The predicted octanol–water partition coefficient (Wildman–Crippen LogP) is 4.55. The lowest BCUT2D eigenvalue weighted by molar-refractivity contribution is -0.136. The third kappa shape index (κ3) is 7.00. The molecule has 12 heteroatoms. The molecule has 3 saturated heterocycles. The van der Waals surface area contributed by atoms with Gasteiger partial charge < -0.3 is 20.2 Å². The highest BCUT2D eigenvalue weighted by molar-refractivity contribution is 6.05. The van der Waals surface area contributed by atoms with Crippen LogP contribution in [0.3, 0.4) is 0 Å². The second-order valence-corrected chi connectivity index (χ2v) is 14.7. The van der Waals surface area contributed by atoms with Gasteiger partial charge in [0.25, 0.3) is 5.91 Å². The van der Waals surface area contributed by atoms with Gasteiger partial charge in [-0.3, -0.25) is 24.6 Å². The lowest BCUT2D eigenvalue weighted by Gasteiger charge is -2.39. The molecule has 8 rings (SSSR count). The molecule has 0 bridgehead atoms. The largest absolute Gasteiger partial charge is 0.385 e. The second-order valence-electron chi connectivity index (χ2n) is 14.7. The van der Waals surface area contributed by atoms with Crippen LogP contribution in [0.4, 0.5) is 17.5 Å². The summed E-state index contributed by atoms with van der Waals surface area (Å²) in [5.41, 5.74) is 6.01. The number of carbonyl (C=O) groups excluding carboxylic acids is 3. The molecule has 2 aromatic carbocycles. The normalized spacial score (nSPS) is 20.9. The zero-order valence-corrected chi connectivity index (χ0v) is 29.4. The number of imide groups is 1. The number of nitrogens with zero attached hydrogens (tertiary/aromatic N) is 6. The van der Waals surface area contributed by atoms with E-state index in [-0.39, 0.29) is 18.2 Å². The molecule has 4 aliphatic heterocycles. The van der Waals surface area contributed by atoms with Crippen LogP contribution in [0.2, 0.25) is 0 Å². The number of likely N-dealkylation sites (tertiary alicyclic amines) is 1. The second kappa shape index (κ2) is 14.1. The molecule has 12 nitrogen and oxygen atoms in total. The van der Waals surface area contributed by atoms with Gasteiger partial charge in [0, 0.05) is 75.5 Å². The number of piperidine rings is 3. The molecule has 6 heterocycles. The van der Waals surface area contributed by atoms with Crippen LogP contribution in [0, 0.1) is 6.92 Å². The summed E-state index contributed by atoms with van der Waals surface area (Å²) >= 11 is 0. The van der Waals surface area contributed by atoms with Crippen LogP contribution >= 0.6 is 0 Å². The van der Waals surface area contributed by atoms with E-state index in [4.69, 9.17) is 0 Å². The topological polar surface area (TPSA) is 144 Å². The quantitative estimate of drug-likeness (QED) is 0.224. The SMILES string of the molecule is Cc1cnc(Nc2ccc(C3CCN(c4ccc(CN5CCC(O)(c6ccc7c(c6)CN(C6CCC(=O)NC6=O)C7=O)CC5)cc4)CC3)cn2)nc1. The van der Waals surface area contributed by atoms with Crippen molar-refractivity contribution < 1.29 is 19.5 Å². The monoisotopic (exact) mass is 700 g/mol. The van der Waals surface area contributed by atoms with E-state index in [1.54, 1.807) is 23.4 Å². The van der Waals surface area contributed by atoms with Crippen molar-refractivity contribution in [3.8, 4) is 0 Å². The maximum Gasteiger partial charge on any atom is 0.255 e. The predicted molar refractivity (Wildman–Crippen MR) is 196 cm³/mol. The molecule has 52 heavy (non-hydrogen) atoms. The summed E-state index contributed by atoms with van der Waals surface area (Å²) in [5.74, 6) is 0.853. The van der Waals surface area contributed by atoms with Gasteiger partial charge in [-0.2, -0.15) is 0 Å². The number of pyridine rings is 1. The zero-order chi connectivity index (χ0) is 35.8. The molecule has 0 aliphatic carbocycles. The van der Waals surface area contributed by atoms with E-state index in [0.717, 1.165) is 68.1 Å². The van der Waals surface area contributed by atoms with Gasteiger partial charge in [-0.25, -0.2) is 15.0 Å². The van der Waals surface area contributed by atoms with E-state index in [9.17, 15) is 19.5 Å². The fourth-order valence-electron chi connectivity index (χ4n) is 8.07. The Kier molecular flexibility index (Phi) is 9.18. The summed E-state index contributed by atoms with van der Waals surface area (Å²) in [7, 11) is 0. The molecule has 0 radical (unpaired) electrons. The number of aliphatic hydroxyl groups is 1. The molecule has 4 aliphatic rings. The van der Waals surface area contributed by atoms with Crippen molar-refractivity contribution in [2.45, 2.75) is 76.1 Å². The van der Waals surface area contributed by atoms with Crippen molar-refractivity contribution in [2.75, 3.05) is 36.4 Å². The van der Waals surface area contributed by atoms with Crippen molar-refractivity contribution in [3.05, 3.63) is 107 Å². The highest BCUT2D eigenvalue weighted by atomic mass is 16.3. The maximum absolute atomic E-state index is 13.1. The number of fused-ring (bicyclic) bond motifs is 1. The van der Waals surface area contributed by atoms with Crippen LogP contribution < -0.4 is 15.5 Å². The molecular weight excluding hydrogens is 656 g/mol. The van der Waals surface area contributed by atoms with Crippen LogP contribution in [0.5, 0.6) is 0 Å². The average molecular weight is 701 g/mol. The molecule has 268 valence electrons. The maximum atomic E-state index is 13.1. The zero-order valence-electron chi connectivity index (χ0n) is 29.4. The van der Waals surface area contributed by atoms with E-state index in [2.05, 4.69) is 65.7 Å². The number of anilines is 3. The van der Waals surface area contributed by atoms with Crippen molar-refractivity contribution >= 4 is 35.2 Å². The molecule has 1 atom stereocenters. The first-order valence-electron chi connectivity index (χ1n) is 18.3. The molecule has 0 spiro atoms. The standard InChI is InChI=1S/C40H44N8O4/c1-26-21-42-39(43-22-26)44-35-10-4-29(23-41-35)28-12-16-47(17-13-28)32-6-2-27(3-7-32)24-46-18-14-40(52,15-19-46)31-5-8-33-30(20-31)25-48(38(33)51)34-9-11-36(49)45-37(34)50/h2-8,10,20-23,28,34,52H,9,11-19,24-25H2,1H3,(H,45,49,50)(H,41,42,43,44). The number of nitrogens with one attached hydrogen (secondary N) is 2. The minimum absolute atomic E-state index is 0.198. The van der Waals surface area contributed by atoms with Crippen molar-refractivity contribution in [2.24, 2.45) is 0 Å². The Hall–Kier alpha value is -5.20. The van der Waals surface area contributed by atoms with Gasteiger partial charge in [0.15, 0.2) is 0 Å². The number of rotatable bonds is 8. The molecule has 0 saturated carbocycles. The average Bonchev–Trinajstić information content (AvgIpc) is 3.49. The minimum atomic E-state index is -0.974. The molecule has 4 aromatic rings. The lowest BCUT2D eigenvalue weighted by atomic mass is 9.83. The van der Waals surface area contributed by atoms with Crippen LogP contribution in [0.25, 0.3) is 0 Å². The summed E-state index contributed by atoms with van der Waals surface area (Å²) < 4.78 is 0. The third-order valence-electron chi connectivity index (χ3n) is 11.2. The fourth-order valence-corrected chi connectivity index (χ4v) is 8.07. The smallest absolute Gasteiger partial charge is 0.255 e. The van der Waals surface area contributed by atoms with Gasteiger partial charge in [0.05, 0.1) is 5.60 Å². The fraction of sp³-hybridized carbons (Fsp3) is 0.400. The van der Waals surface area contributed by atoms with Crippen molar-refractivity contribution in [3.63, 3.8) is 0 Å². The molecular formula is C40H44N8O4. The Labute approximate surface area is 303 Å². The molecule has 3 N–H and O–H groups in total. The first kappa shape index (κ1) is 33.9. The summed E-state index contributed by atoms with van der Waals surface area (Å²) in [6.45, 7) is 6.61.